The van der Waals surface area contributed by atoms with Gasteiger partial charge in [0.2, 0.25) is 0 Å². The largest absolute Gasteiger partial charge is 0.497 e. The number of likely N-dealkylation sites (tertiary alicyclic amines) is 1. The van der Waals surface area contributed by atoms with Crippen LogP contribution in [-0.2, 0) is 16.0 Å². The molecule has 1 saturated heterocycles. The van der Waals surface area contributed by atoms with E-state index in [-0.39, 0.29) is 17.5 Å². The quantitative estimate of drug-likeness (QED) is 0.396. The minimum absolute atomic E-state index is 0.108. The van der Waals surface area contributed by atoms with Gasteiger partial charge in [-0.15, -0.1) is 0 Å². The van der Waals surface area contributed by atoms with Crippen molar-refractivity contribution < 1.29 is 27.4 Å². The smallest absolute Gasteiger partial charge is 0.313 e. The number of rotatable bonds is 10. The number of hydrogen-bond donors (Lipinski definition) is 1. The van der Waals surface area contributed by atoms with Gasteiger partial charge in [0, 0.05) is 25.0 Å². The molecule has 0 radical (unpaired) electrons. The molecule has 4 rings (SSSR count). The number of carbonyl (C=O) groups excluding carboxylic acids is 1. The Hall–Kier alpha value is -3.33. The van der Waals surface area contributed by atoms with Crippen molar-refractivity contribution in [3.05, 3.63) is 65.6 Å². The SMILES string of the molecule is COC(=O)C1(CCCc2c(F)cnc3ccc(OC)cc23)CCN(CCNc2cc(F)ccc2F)C1. The Labute approximate surface area is 208 Å². The minimum Gasteiger partial charge on any atom is -0.497 e. The molecular formula is C27H30F3N3O3. The topological polar surface area (TPSA) is 63.7 Å². The fraction of sp³-hybridized carbons (Fsp3) is 0.407. The van der Waals surface area contributed by atoms with Gasteiger partial charge in [0.25, 0.3) is 0 Å². The first-order valence-electron chi connectivity index (χ1n) is 12.0. The van der Waals surface area contributed by atoms with Crippen LogP contribution in [0.2, 0.25) is 0 Å². The lowest BCUT2D eigenvalue weighted by Crippen LogP contribution is -2.37. The maximum atomic E-state index is 14.7. The number of esters is 1. The van der Waals surface area contributed by atoms with Crippen LogP contribution in [0.25, 0.3) is 10.9 Å². The van der Waals surface area contributed by atoms with E-state index in [1.807, 2.05) is 0 Å². The number of methoxy groups -OCH3 is 2. The van der Waals surface area contributed by atoms with Gasteiger partial charge in [-0.3, -0.25) is 9.78 Å². The van der Waals surface area contributed by atoms with Crippen molar-refractivity contribution in [2.24, 2.45) is 5.41 Å². The third-order valence-electron chi connectivity index (χ3n) is 6.94. The fourth-order valence-corrected chi connectivity index (χ4v) is 5.01. The van der Waals surface area contributed by atoms with E-state index in [0.29, 0.717) is 74.1 Å². The maximum Gasteiger partial charge on any atom is 0.313 e. The number of nitrogens with one attached hydrogen (secondary N) is 1. The first kappa shape index (κ1) is 25.8. The highest BCUT2D eigenvalue weighted by atomic mass is 19.1. The van der Waals surface area contributed by atoms with E-state index in [1.54, 1.807) is 25.3 Å². The van der Waals surface area contributed by atoms with E-state index in [2.05, 4.69) is 15.2 Å². The van der Waals surface area contributed by atoms with E-state index in [9.17, 15) is 18.0 Å². The van der Waals surface area contributed by atoms with Gasteiger partial charge in [-0.2, -0.15) is 0 Å². The van der Waals surface area contributed by atoms with E-state index in [4.69, 9.17) is 9.47 Å². The maximum absolute atomic E-state index is 14.7. The van der Waals surface area contributed by atoms with Gasteiger partial charge in [-0.1, -0.05) is 0 Å². The van der Waals surface area contributed by atoms with Gasteiger partial charge >= 0.3 is 5.97 Å². The predicted molar refractivity (Wildman–Crippen MR) is 132 cm³/mol. The number of aryl methyl sites for hydroxylation is 1. The van der Waals surface area contributed by atoms with Gasteiger partial charge in [0.05, 0.1) is 37.0 Å². The third kappa shape index (κ3) is 5.56. The predicted octanol–water partition coefficient (Wildman–Crippen LogP) is 4.96. The molecule has 2 heterocycles. The zero-order valence-corrected chi connectivity index (χ0v) is 20.5. The van der Waals surface area contributed by atoms with Crippen LogP contribution in [0.15, 0.2) is 42.6 Å². The molecule has 1 atom stereocenters. The molecular weight excluding hydrogens is 471 g/mol. The molecule has 1 fully saturated rings. The van der Waals surface area contributed by atoms with Gasteiger partial charge in [-0.25, -0.2) is 13.2 Å². The van der Waals surface area contributed by atoms with Crippen molar-refractivity contribution in [2.75, 3.05) is 45.7 Å². The molecule has 0 saturated carbocycles. The second-order valence-corrected chi connectivity index (χ2v) is 9.17. The zero-order valence-electron chi connectivity index (χ0n) is 20.5. The molecule has 1 unspecified atom stereocenters. The number of fused-ring (bicyclic) bond motifs is 1. The number of ether oxygens (including phenoxy) is 2. The van der Waals surface area contributed by atoms with Crippen molar-refractivity contribution >= 4 is 22.6 Å². The van der Waals surface area contributed by atoms with Crippen molar-refractivity contribution in [2.45, 2.75) is 25.7 Å². The van der Waals surface area contributed by atoms with Gasteiger partial charge < -0.3 is 19.7 Å². The van der Waals surface area contributed by atoms with Crippen LogP contribution in [0.4, 0.5) is 18.9 Å². The Morgan fingerprint density at radius 3 is 2.75 bits per heavy atom. The molecule has 3 aromatic rings. The number of aromatic nitrogens is 1. The highest BCUT2D eigenvalue weighted by molar-refractivity contribution is 5.83. The number of nitrogens with zero attached hydrogens (tertiary/aromatic N) is 2. The lowest BCUT2D eigenvalue weighted by atomic mass is 9.81. The molecule has 1 aromatic heterocycles. The molecule has 1 N–H and O–H groups in total. The monoisotopic (exact) mass is 501 g/mol. The van der Waals surface area contributed by atoms with Crippen LogP contribution in [0.3, 0.4) is 0 Å². The van der Waals surface area contributed by atoms with Gasteiger partial charge in [-0.05, 0) is 74.2 Å². The summed E-state index contributed by atoms with van der Waals surface area (Å²) in [6.07, 6.45) is 3.41. The molecule has 0 spiro atoms. The molecule has 36 heavy (non-hydrogen) atoms. The first-order valence-corrected chi connectivity index (χ1v) is 12.0. The second-order valence-electron chi connectivity index (χ2n) is 9.17. The van der Waals surface area contributed by atoms with Crippen LogP contribution in [0.5, 0.6) is 5.75 Å². The Morgan fingerprint density at radius 1 is 1.14 bits per heavy atom. The standard InChI is InChI=1S/C27H30F3N3O3/c1-35-19-6-8-24-21(15-19)20(23(30)16-32-24)4-3-9-27(26(34)36-2)10-12-33(17-27)13-11-31-25-14-18(28)5-7-22(25)29/h5-8,14-16,31H,3-4,9-13,17H2,1-2H3. The summed E-state index contributed by atoms with van der Waals surface area (Å²) in [4.78, 5) is 19.1. The van der Waals surface area contributed by atoms with Gasteiger partial charge in [0.1, 0.15) is 23.2 Å². The molecule has 0 bridgehead atoms. The summed E-state index contributed by atoms with van der Waals surface area (Å²) in [5.41, 5.74) is 0.645. The number of anilines is 1. The molecule has 2 aromatic carbocycles. The van der Waals surface area contributed by atoms with Crippen LogP contribution in [0.1, 0.15) is 24.8 Å². The van der Waals surface area contributed by atoms with E-state index >= 15 is 0 Å². The number of halogens is 3. The first-order chi connectivity index (χ1) is 17.3. The van der Waals surface area contributed by atoms with E-state index in [1.165, 1.54) is 13.3 Å². The summed E-state index contributed by atoms with van der Waals surface area (Å²) in [6, 6.07) is 8.64. The molecule has 192 valence electrons. The van der Waals surface area contributed by atoms with Crippen LogP contribution >= 0.6 is 0 Å². The normalized spacial score (nSPS) is 17.9. The molecule has 1 aliphatic rings. The lowest BCUT2D eigenvalue weighted by Gasteiger charge is -2.27. The van der Waals surface area contributed by atoms with Crippen molar-refractivity contribution in [1.82, 2.24) is 9.88 Å². The number of hydrogen-bond acceptors (Lipinski definition) is 6. The summed E-state index contributed by atoms with van der Waals surface area (Å²) in [5, 5.41) is 3.62. The van der Waals surface area contributed by atoms with Crippen molar-refractivity contribution in [1.29, 1.82) is 0 Å². The Bertz CT molecular complexity index is 1240. The van der Waals surface area contributed by atoms with Crippen molar-refractivity contribution in [3.8, 4) is 5.75 Å². The fourth-order valence-electron chi connectivity index (χ4n) is 5.01. The third-order valence-corrected chi connectivity index (χ3v) is 6.94. The zero-order chi connectivity index (χ0) is 25.7. The number of benzene rings is 2. The average molecular weight is 502 g/mol. The van der Waals surface area contributed by atoms with Crippen LogP contribution < -0.4 is 10.1 Å². The molecule has 6 nitrogen and oxygen atoms in total. The number of carbonyl (C=O) groups is 1. The highest BCUT2D eigenvalue weighted by Gasteiger charge is 2.44. The summed E-state index contributed by atoms with van der Waals surface area (Å²) < 4.78 is 52.4. The van der Waals surface area contributed by atoms with E-state index < -0.39 is 17.0 Å². The van der Waals surface area contributed by atoms with Gasteiger partial charge in [0.15, 0.2) is 0 Å². The summed E-state index contributed by atoms with van der Waals surface area (Å²) in [6.45, 7) is 2.11. The second kappa shape index (κ2) is 11.2. The molecule has 0 aliphatic carbocycles. The Morgan fingerprint density at radius 2 is 1.97 bits per heavy atom. The summed E-state index contributed by atoms with van der Waals surface area (Å²) in [7, 11) is 2.94. The minimum atomic E-state index is -0.699. The van der Waals surface area contributed by atoms with Crippen molar-refractivity contribution in [3.63, 3.8) is 0 Å². The number of pyridine rings is 1. The Kier molecular flexibility index (Phi) is 7.98. The van der Waals surface area contributed by atoms with Crippen LogP contribution in [-0.4, -0.2) is 56.3 Å². The molecule has 9 heteroatoms. The summed E-state index contributed by atoms with van der Waals surface area (Å²) >= 11 is 0. The van der Waals surface area contributed by atoms with Crippen LogP contribution in [0, 0.1) is 22.9 Å². The van der Waals surface area contributed by atoms with E-state index in [0.717, 1.165) is 18.2 Å². The lowest BCUT2D eigenvalue weighted by molar-refractivity contribution is -0.152. The molecule has 0 amide bonds. The summed E-state index contributed by atoms with van der Waals surface area (Å²) in [5.74, 6) is -1.07. The molecule has 1 aliphatic heterocycles. The highest BCUT2D eigenvalue weighted by Crippen LogP contribution is 2.37. The Balaban J connectivity index is 1.40. The average Bonchev–Trinajstić information content (AvgIpc) is 3.30.